The molecule has 0 radical (unpaired) electrons. The lowest BCUT2D eigenvalue weighted by Crippen LogP contribution is -2.19. The number of rotatable bonds is 2. The molecule has 3 nitrogen and oxygen atoms in total. The van der Waals surface area contributed by atoms with E-state index in [1.54, 1.807) is 0 Å². The predicted octanol–water partition coefficient (Wildman–Crippen LogP) is 0.922. The van der Waals surface area contributed by atoms with Crippen LogP contribution in [0.2, 0.25) is 0 Å². The first-order chi connectivity index (χ1) is 4.36. The maximum atomic E-state index is 5.35. The Morgan fingerprint density at radius 3 is 2.80 bits per heavy atom. The van der Waals surface area contributed by atoms with E-state index in [4.69, 9.17) is 10.6 Å². The third kappa shape index (κ3) is 2.15. The fourth-order valence-electron chi connectivity index (χ4n) is 0.822. The lowest BCUT2D eigenvalue weighted by atomic mass is 10.1. The summed E-state index contributed by atoms with van der Waals surface area (Å²) in [7, 11) is 0. The Labute approximate surface area is 67.0 Å². The van der Waals surface area contributed by atoms with Crippen LogP contribution in [-0.4, -0.2) is 18.4 Å². The maximum absolute atomic E-state index is 5.35. The van der Waals surface area contributed by atoms with E-state index in [-0.39, 0.29) is 18.5 Å². The van der Waals surface area contributed by atoms with Crippen LogP contribution in [0, 0.1) is 0 Å². The van der Waals surface area contributed by atoms with Crippen LogP contribution in [0.5, 0.6) is 0 Å². The van der Waals surface area contributed by atoms with Gasteiger partial charge in [-0.2, -0.15) is 0 Å². The van der Waals surface area contributed by atoms with E-state index in [9.17, 15) is 0 Å². The molecule has 10 heavy (non-hydrogen) atoms. The number of nitrogens with zero attached hydrogens (tertiary/aromatic N) is 1. The third-order valence-electron chi connectivity index (χ3n) is 1.47. The van der Waals surface area contributed by atoms with Gasteiger partial charge in [-0.1, -0.05) is 12.1 Å². The van der Waals surface area contributed by atoms with E-state index < -0.39 is 0 Å². The van der Waals surface area contributed by atoms with Crippen molar-refractivity contribution in [1.82, 2.24) is 0 Å². The van der Waals surface area contributed by atoms with Crippen LogP contribution in [0.15, 0.2) is 5.16 Å². The predicted molar refractivity (Wildman–Crippen MR) is 43.5 cm³/mol. The zero-order valence-corrected chi connectivity index (χ0v) is 6.86. The van der Waals surface area contributed by atoms with Crippen molar-refractivity contribution in [3.63, 3.8) is 0 Å². The number of hydrogen-bond donors (Lipinski definition) is 1. The highest BCUT2D eigenvalue weighted by molar-refractivity contribution is 5.85. The first kappa shape index (κ1) is 9.72. The Hall–Kier alpha value is -0.280. The molecule has 0 bridgehead atoms. The zero-order chi connectivity index (χ0) is 6.69. The summed E-state index contributed by atoms with van der Waals surface area (Å²) in [6, 6.07) is 0. The summed E-state index contributed by atoms with van der Waals surface area (Å²) in [5.74, 6) is 0. The molecular weight excluding hydrogens is 152 g/mol. The SMILES string of the molecule is CCC1=NOC(CN)C1.Cl. The molecule has 0 saturated carbocycles. The van der Waals surface area contributed by atoms with Crippen molar-refractivity contribution in [3.05, 3.63) is 0 Å². The van der Waals surface area contributed by atoms with Gasteiger partial charge in [0.2, 0.25) is 0 Å². The molecule has 0 spiro atoms. The number of hydrogen-bond acceptors (Lipinski definition) is 3. The number of oxime groups is 1. The Morgan fingerprint density at radius 2 is 2.50 bits per heavy atom. The first-order valence-corrected chi connectivity index (χ1v) is 3.28. The molecule has 0 fully saturated rings. The molecule has 1 unspecified atom stereocenters. The molecule has 4 heteroatoms. The van der Waals surface area contributed by atoms with Crippen molar-refractivity contribution in [2.45, 2.75) is 25.9 Å². The highest BCUT2D eigenvalue weighted by Gasteiger charge is 2.16. The van der Waals surface area contributed by atoms with Gasteiger partial charge in [0.05, 0.1) is 5.71 Å². The standard InChI is InChI=1S/C6H12N2O.ClH/c1-2-5-3-6(4-7)9-8-5;/h6H,2-4,7H2,1H3;1H. The minimum absolute atomic E-state index is 0. The average molecular weight is 165 g/mol. The fraction of sp³-hybridized carbons (Fsp3) is 0.833. The van der Waals surface area contributed by atoms with Gasteiger partial charge in [-0.3, -0.25) is 0 Å². The molecule has 0 aromatic rings. The van der Waals surface area contributed by atoms with Gasteiger partial charge in [0.15, 0.2) is 0 Å². The molecule has 1 atom stereocenters. The molecule has 0 amide bonds. The van der Waals surface area contributed by atoms with Gasteiger partial charge >= 0.3 is 0 Å². The first-order valence-electron chi connectivity index (χ1n) is 3.28. The Balaban J connectivity index is 0.000000810. The summed E-state index contributed by atoms with van der Waals surface area (Å²) in [4.78, 5) is 4.97. The fourth-order valence-corrected chi connectivity index (χ4v) is 0.822. The highest BCUT2D eigenvalue weighted by Crippen LogP contribution is 2.10. The Bertz CT molecular complexity index is 127. The quantitative estimate of drug-likeness (QED) is 0.660. The van der Waals surface area contributed by atoms with Crippen LogP contribution in [0.1, 0.15) is 19.8 Å². The van der Waals surface area contributed by atoms with E-state index in [2.05, 4.69) is 12.1 Å². The smallest absolute Gasteiger partial charge is 0.145 e. The lowest BCUT2D eigenvalue weighted by molar-refractivity contribution is 0.0918. The average Bonchev–Trinajstić information content (AvgIpc) is 2.34. The second-order valence-corrected chi connectivity index (χ2v) is 2.18. The summed E-state index contributed by atoms with van der Waals surface area (Å²) in [5, 5.41) is 3.84. The topological polar surface area (TPSA) is 47.6 Å². The summed E-state index contributed by atoms with van der Waals surface area (Å²) >= 11 is 0. The van der Waals surface area contributed by atoms with Gasteiger partial charge in [0.25, 0.3) is 0 Å². The second-order valence-electron chi connectivity index (χ2n) is 2.18. The van der Waals surface area contributed by atoms with Crippen molar-refractivity contribution < 1.29 is 4.84 Å². The monoisotopic (exact) mass is 164 g/mol. The van der Waals surface area contributed by atoms with Crippen molar-refractivity contribution in [1.29, 1.82) is 0 Å². The summed E-state index contributed by atoms with van der Waals surface area (Å²) in [5.41, 5.74) is 6.48. The Kier molecular flexibility index (Phi) is 4.40. The molecule has 1 heterocycles. The van der Waals surface area contributed by atoms with Gasteiger partial charge in [0.1, 0.15) is 6.10 Å². The normalized spacial score (nSPS) is 23.0. The molecule has 1 aliphatic heterocycles. The van der Waals surface area contributed by atoms with Crippen molar-refractivity contribution in [2.75, 3.05) is 6.54 Å². The van der Waals surface area contributed by atoms with Crippen LogP contribution in [0.4, 0.5) is 0 Å². The van der Waals surface area contributed by atoms with Crippen LogP contribution < -0.4 is 5.73 Å². The lowest BCUT2D eigenvalue weighted by Gasteiger charge is -2.00. The summed E-state index contributed by atoms with van der Waals surface area (Å²) in [6.07, 6.45) is 2.06. The summed E-state index contributed by atoms with van der Waals surface area (Å²) < 4.78 is 0. The minimum atomic E-state index is 0. The van der Waals surface area contributed by atoms with Gasteiger partial charge in [-0.05, 0) is 6.42 Å². The summed E-state index contributed by atoms with van der Waals surface area (Å²) in [6.45, 7) is 2.65. The molecule has 60 valence electrons. The van der Waals surface area contributed by atoms with Gasteiger partial charge in [0, 0.05) is 13.0 Å². The van der Waals surface area contributed by atoms with Crippen LogP contribution in [-0.2, 0) is 4.84 Å². The molecule has 1 rings (SSSR count). The van der Waals surface area contributed by atoms with Gasteiger partial charge in [-0.25, -0.2) is 0 Å². The molecule has 0 aromatic carbocycles. The van der Waals surface area contributed by atoms with E-state index in [1.807, 2.05) is 0 Å². The van der Waals surface area contributed by atoms with Crippen molar-refractivity contribution >= 4 is 18.1 Å². The van der Waals surface area contributed by atoms with E-state index >= 15 is 0 Å². The second kappa shape index (κ2) is 4.52. The van der Waals surface area contributed by atoms with Crippen molar-refractivity contribution in [2.24, 2.45) is 10.9 Å². The number of halogens is 1. The molecule has 2 N–H and O–H groups in total. The van der Waals surface area contributed by atoms with Crippen LogP contribution >= 0.6 is 12.4 Å². The molecule has 1 aliphatic rings. The molecule has 0 aliphatic carbocycles. The van der Waals surface area contributed by atoms with E-state index in [0.717, 1.165) is 18.6 Å². The zero-order valence-electron chi connectivity index (χ0n) is 6.04. The third-order valence-corrected chi connectivity index (χ3v) is 1.47. The maximum Gasteiger partial charge on any atom is 0.145 e. The van der Waals surface area contributed by atoms with E-state index in [1.165, 1.54) is 0 Å². The minimum Gasteiger partial charge on any atom is -0.391 e. The largest absolute Gasteiger partial charge is 0.391 e. The number of nitrogens with two attached hydrogens (primary N) is 1. The van der Waals surface area contributed by atoms with Crippen LogP contribution in [0.3, 0.4) is 0 Å². The molecular formula is C6H13ClN2O. The van der Waals surface area contributed by atoms with Crippen LogP contribution in [0.25, 0.3) is 0 Å². The molecule has 0 aromatic heterocycles. The highest BCUT2D eigenvalue weighted by atomic mass is 35.5. The van der Waals surface area contributed by atoms with Crippen molar-refractivity contribution in [3.8, 4) is 0 Å². The molecule has 0 saturated heterocycles. The van der Waals surface area contributed by atoms with E-state index in [0.29, 0.717) is 6.54 Å². The van der Waals surface area contributed by atoms with Gasteiger partial charge < -0.3 is 10.6 Å². The Morgan fingerprint density at radius 1 is 1.80 bits per heavy atom. The van der Waals surface area contributed by atoms with Gasteiger partial charge in [-0.15, -0.1) is 12.4 Å².